The number of nitrogens with one attached hydrogen (secondary N) is 1. The number of hydrogen-bond acceptors (Lipinski definition) is 3. The van der Waals surface area contributed by atoms with Gasteiger partial charge in [-0.1, -0.05) is 30.3 Å². The van der Waals surface area contributed by atoms with E-state index in [9.17, 15) is 9.59 Å². The van der Waals surface area contributed by atoms with Crippen LogP contribution in [-0.4, -0.2) is 28.7 Å². The molecule has 0 fully saturated rings. The van der Waals surface area contributed by atoms with Crippen molar-refractivity contribution in [1.29, 1.82) is 0 Å². The summed E-state index contributed by atoms with van der Waals surface area (Å²) in [6, 6.07) is 7.17. The van der Waals surface area contributed by atoms with Gasteiger partial charge < -0.3 is 15.5 Å². The molecule has 1 rings (SSSR count). The van der Waals surface area contributed by atoms with Gasteiger partial charge in [-0.15, -0.1) is 0 Å². The molecule has 1 amide bonds. The van der Waals surface area contributed by atoms with Crippen molar-refractivity contribution < 1.29 is 19.8 Å². The molecule has 0 saturated heterocycles. The van der Waals surface area contributed by atoms with E-state index in [2.05, 4.69) is 5.32 Å². The minimum Gasteiger partial charge on any atom is -0.479 e. The van der Waals surface area contributed by atoms with E-state index in [1.807, 2.05) is 0 Å². The third-order valence-electron chi connectivity index (χ3n) is 1.83. The Hall–Kier alpha value is -1.88. The molecule has 0 heterocycles. The molecule has 1 atom stereocenters. The van der Waals surface area contributed by atoms with E-state index in [0.717, 1.165) is 0 Å². The van der Waals surface area contributed by atoms with Crippen molar-refractivity contribution in [2.75, 3.05) is 6.61 Å². The van der Waals surface area contributed by atoms with Crippen molar-refractivity contribution in [3.63, 3.8) is 0 Å². The quantitative estimate of drug-likeness (QED) is 0.647. The second kappa shape index (κ2) is 5.11. The third kappa shape index (κ3) is 3.07. The van der Waals surface area contributed by atoms with Crippen LogP contribution in [0.4, 0.5) is 0 Å². The molecule has 0 aliphatic rings. The molecular formula is C10H11NO4. The first-order valence-electron chi connectivity index (χ1n) is 4.33. The third-order valence-corrected chi connectivity index (χ3v) is 1.83. The fourth-order valence-electron chi connectivity index (χ4n) is 1.14. The van der Waals surface area contributed by atoms with Crippen molar-refractivity contribution in [1.82, 2.24) is 5.32 Å². The predicted molar refractivity (Wildman–Crippen MR) is 52.0 cm³/mol. The molecule has 1 aromatic carbocycles. The number of benzene rings is 1. The molecule has 5 heteroatoms. The highest BCUT2D eigenvalue weighted by Gasteiger charge is 2.20. The maximum Gasteiger partial charge on any atom is 0.330 e. The van der Waals surface area contributed by atoms with Crippen molar-refractivity contribution in [3.05, 3.63) is 35.9 Å². The van der Waals surface area contributed by atoms with E-state index in [4.69, 9.17) is 10.2 Å². The number of carboxylic acid groups (broad SMARTS) is 1. The highest BCUT2D eigenvalue weighted by atomic mass is 16.4. The van der Waals surface area contributed by atoms with Crippen molar-refractivity contribution in [2.24, 2.45) is 0 Å². The zero-order valence-electron chi connectivity index (χ0n) is 7.88. The van der Waals surface area contributed by atoms with Crippen LogP contribution in [0.5, 0.6) is 0 Å². The summed E-state index contributed by atoms with van der Waals surface area (Å²) in [6.07, 6.45) is 0. The Balaban J connectivity index is 2.84. The van der Waals surface area contributed by atoms with Gasteiger partial charge in [0.2, 0.25) is 5.91 Å². The lowest BCUT2D eigenvalue weighted by molar-refractivity contribution is -0.142. The van der Waals surface area contributed by atoms with Gasteiger partial charge in [0.1, 0.15) is 6.61 Å². The molecule has 0 radical (unpaired) electrons. The lowest BCUT2D eigenvalue weighted by Crippen LogP contribution is -2.35. The van der Waals surface area contributed by atoms with Gasteiger partial charge in [0.05, 0.1) is 0 Å². The monoisotopic (exact) mass is 209 g/mol. The van der Waals surface area contributed by atoms with Gasteiger partial charge in [0.15, 0.2) is 6.04 Å². The normalized spacial score (nSPS) is 11.8. The fraction of sp³-hybridized carbons (Fsp3) is 0.200. The summed E-state index contributed by atoms with van der Waals surface area (Å²) in [7, 11) is 0. The standard InChI is InChI=1S/C10H11NO4/c12-6-8(13)11-9(10(14)15)7-4-2-1-3-5-7/h1-5,9,12H,6H2,(H,11,13)(H,14,15)/t9-/m0/s1. The Bertz CT molecular complexity index is 350. The number of carbonyl (C=O) groups excluding carboxylic acids is 1. The van der Waals surface area contributed by atoms with Gasteiger partial charge in [0.25, 0.3) is 0 Å². The Morgan fingerprint density at radius 1 is 1.27 bits per heavy atom. The van der Waals surface area contributed by atoms with Gasteiger partial charge in [0, 0.05) is 0 Å². The van der Waals surface area contributed by atoms with E-state index in [-0.39, 0.29) is 0 Å². The lowest BCUT2D eigenvalue weighted by Gasteiger charge is -2.13. The topological polar surface area (TPSA) is 86.6 Å². The molecule has 3 N–H and O–H groups in total. The Labute approximate surface area is 86.4 Å². The number of amides is 1. The number of rotatable bonds is 4. The van der Waals surface area contributed by atoms with E-state index < -0.39 is 24.5 Å². The summed E-state index contributed by atoms with van der Waals surface area (Å²) in [5.74, 6) is -1.88. The summed E-state index contributed by atoms with van der Waals surface area (Å²) < 4.78 is 0. The summed E-state index contributed by atoms with van der Waals surface area (Å²) in [6.45, 7) is -0.726. The summed E-state index contributed by atoms with van der Waals surface area (Å²) in [5, 5.41) is 19.6. The molecule has 0 aliphatic heterocycles. The molecule has 15 heavy (non-hydrogen) atoms. The molecule has 80 valence electrons. The van der Waals surface area contributed by atoms with Crippen LogP contribution in [0.25, 0.3) is 0 Å². The first-order valence-corrected chi connectivity index (χ1v) is 4.33. The highest BCUT2D eigenvalue weighted by Crippen LogP contribution is 2.12. The molecule has 0 saturated carbocycles. The van der Waals surface area contributed by atoms with Crippen LogP contribution in [0.15, 0.2) is 30.3 Å². The van der Waals surface area contributed by atoms with Crippen molar-refractivity contribution >= 4 is 11.9 Å². The first-order chi connectivity index (χ1) is 7.15. The minimum atomic E-state index is -1.16. The van der Waals surface area contributed by atoms with Crippen molar-refractivity contribution in [2.45, 2.75) is 6.04 Å². The summed E-state index contributed by atoms with van der Waals surface area (Å²) in [5.41, 5.74) is 0.465. The van der Waals surface area contributed by atoms with Gasteiger partial charge in [-0.2, -0.15) is 0 Å². The van der Waals surface area contributed by atoms with Crippen LogP contribution < -0.4 is 5.32 Å². The Morgan fingerprint density at radius 3 is 2.33 bits per heavy atom. The van der Waals surface area contributed by atoms with Crippen LogP contribution in [0.3, 0.4) is 0 Å². The van der Waals surface area contributed by atoms with E-state index in [1.165, 1.54) is 0 Å². The lowest BCUT2D eigenvalue weighted by atomic mass is 10.1. The molecular weight excluding hydrogens is 198 g/mol. The average Bonchev–Trinajstić information content (AvgIpc) is 2.26. The molecule has 0 aliphatic carbocycles. The van der Waals surface area contributed by atoms with Crippen molar-refractivity contribution in [3.8, 4) is 0 Å². The number of aliphatic hydroxyl groups excluding tert-OH is 1. The number of carboxylic acids is 1. The highest BCUT2D eigenvalue weighted by molar-refractivity contribution is 5.84. The Morgan fingerprint density at radius 2 is 1.87 bits per heavy atom. The van der Waals surface area contributed by atoms with Crippen LogP contribution >= 0.6 is 0 Å². The molecule has 0 aromatic heterocycles. The van der Waals surface area contributed by atoms with Crippen LogP contribution in [0.1, 0.15) is 11.6 Å². The minimum absolute atomic E-state index is 0.465. The smallest absolute Gasteiger partial charge is 0.330 e. The maximum atomic E-state index is 10.9. The summed E-state index contributed by atoms with van der Waals surface area (Å²) in [4.78, 5) is 21.7. The first kappa shape index (κ1) is 11.2. The molecule has 5 nitrogen and oxygen atoms in total. The van der Waals surface area contributed by atoms with E-state index >= 15 is 0 Å². The fourth-order valence-corrected chi connectivity index (χ4v) is 1.14. The van der Waals surface area contributed by atoms with E-state index in [0.29, 0.717) is 5.56 Å². The molecule has 0 bridgehead atoms. The van der Waals surface area contributed by atoms with Gasteiger partial charge >= 0.3 is 5.97 Å². The van der Waals surface area contributed by atoms with E-state index in [1.54, 1.807) is 30.3 Å². The molecule has 1 aromatic rings. The largest absolute Gasteiger partial charge is 0.479 e. The van der Waals surface area contributed by atoms with Crippen LogP contribution in [0.2, 0.25) is 0 Å². The van der Waals surface area contributed by atoms with Crippen LogP contribution in [0, 0.1) is 0 Å². The van der Waals surface area contributed by atoms with Gasteiger partial charge in [-0.25, -0.2) is 4.79 Å². The summed E-state index contributed by atoms with van der Waals surface area (Å²) >= 11 is 0. The molecule has 0 spiro atoms. The zero-order chi connectivity index (χ0) is 11.3. The van der Waals surface area contributed by atoms with Gasteiger partial charge in [-0.05, 0) is 5.56 Å². The molecule has 0 unspecified atom stereocenters. The average molecular weight is 209 g/mol. The van der Waals surface area contributed by atoms with Gasteiger partial charge in [-0.3, -0.25) is 4.79 Å². The maximum absolute atomic E-state index is 10.9. The predicted octanol–water partition coefficient (Wildman–Crippen LogP) is -0.0792. The Kier molecular flexibility index (Phi) is 3.82. The number of hydrogen-bond donors (Lipinski definition) is 3. The second-order valence-corrected chi connectivity index (χ2v) is 2.91. The number of carbonyl (C=O) groups is 2. The SMILES string of the molecule is O=C(CO)N[C@H](C(=O)O)c1ccccc1. The number of aliphatic hydroxyl groups is 1. The van der Waals surface area contributed by atoms with Crippen LogP contribution in [-0.2, 0) is 9.59 Å². The zero-order valence-corrected chi connectivity index (χ0v) is 7.88. The second-order valence-electron chi connectivity index (χ2n) is 2.91. The number of aliphatic carboxylic acids is 1.